The van der Waals surface area contributed by atoms with Crippen LogP contribution in [0.5, 0.6) is 5.88 Å². The number of urea groups is 1. The summed E-state index contributed by atoms with van der Waals surface area (Å²) >= 11 is 1.55. The Kier molecular flexibility index (Phi) is 5.12. The third-order valence-electron chi connectivity index (χ3n) is 3.78. The molecule has 0 bridgehead atoms. The average Bonchev–Trinajstić information content (AvgIpc) is 3.24. The second-order valence-electron chi connectivity index (χ2n) is 5.59. The zero-order valence-corrected chi connectivity index (χ0v) is 13.9. The van der Waals surface area contributed by atoms with Crippen molar-refractivity contribution < 1.29 is 22.7 Å². The first-order valence-corrected chi connectivity index (χ1v) is 8.55. The summed E-state index contributed by atoms with van der Waals surface area (Å²) in [6.45, 7) is 1.25. The number of alkyl halides is 3. The van der Waals surface area contributed by atoms with Crippen LogP contribution in [0.3, 0.4) is 0 Å². The number of carbonyl (C=O) groups is 1. The van der Waals surface area contributed by atoms with Gasteiger partial charge in [0.2, 0.25) is 5.88 Å². The molecule has 25 heavy (non-hydrogen) atoms. The Bertz CT molecular complexity index is 722. The van der Waals surface area contributed by atoms with E-state index in [9.17, 15) is 18.0 Å². The van der Waals surface area contributed by atoms with Crippen molar-refractivity contribution in [2.24, 2.45) is 0 Å². The van der Waals surface area contributed by atoms with Crippen molar-refractivity contribution >= 4 is 17.4 Å². The molecule has 5 nitrogen and oxygen atoms in total. The lowest BCUT2D eigenvalue weighted by molar-refractivity contribution is -0.137. The summed E-state index contributed by atoms with van der Waals surface area (Å²) in [5.41, 5.74) is -0.805. The topological polar surface area (TPSA) is 54.5 Å². The predicted octanol–water partition coefficient (Wildman–Crippen LogP) is 3.52. The highest BCUT2D eigenvalue weighted by molar-refractivity contribution is 7.09. The number of nitrogens with one attached hydrogen (secondary N) is 1. The van der Waals surface area contributed by atoms with Crippen LogP contribution in [0.15, 0.2) is 35.8 Å². The monoisotopic (exact) mass is 371 g/mol. The molecular formula is C16H16F3N3O2S. The van der Waals surface area contributed by atoms with Crippen LogP contribution >= 0.6 is 11.3 Å². The van der Waals surface area contributed by atoms with E-state index in [0.717, 1.165) is 23.2 Å². The molecule has 0 spiro atoms. The number of hydrogen-bond donors (Lipinski definition) is 1. The van der Waals surface area contributed by atoms with Crippen molar-refractivity contribution in [3.8, 4) is 5.88 Å². The first-order chi connectivity index (χ1) is 11.9. The molecule has 1 fully saturated rings. The van der Waals surface area contributed by atoms with Gasteiger partial charge >= 0.3 is 12.2 Å². The molecule has 1 saturated heterocycles. The lowest BCUT2D eigenvalue weighted by Gasteiger charge is -2.17. The third-order valence-corrected chi connectivity index (χ3v) is 4.65. The van der Waals surface area contributed by atoms with E-state index in [4.69, 9.17) is 4.74 Å². The van der Waals surface area contributed by atoms with Crippen molar-refractivity contribution in [2.75, 3.05) is 13.1 Å². The number of likely N-dealkylation sites (tertiary alicyclic amines) is 1. The number of ether oxygens (including phenoxy) is 1. The Morgan fingerprint density at radius 1 is 1.44 bits per heavy atom. The molecule has 0 radical (unpaired) electrons. The number of aromatic nitrogens is 1. The highest BCUT2D eigenvalue weighted by Gasteiger charge is 2.32. The molecule has 9 heteroatoms. The van der Waals surface area contributed by atoms with Crippen LogP contribution < -0.4 is 10.1 Å². The third kappa shape index (κ3) is 4.62. The number of thiophene rings is 1. The number of nitrogens with zero attached hydrogens (tertiary/aromatic N) is 2. The number of rotatable bonds is 4. The van der Waals surface area contributed by atoms with Crippen LogP contribution in [-0.4, -0.2) is 35.1 Å². The van der Waals surface area contributed by atoms with Gasteiger partial charge in [0.05, 0.1) is 18.7 Å². The SMILES string of the molecule is O=C(NCc1cccs1)N1CC[C@@H](Oc2cc(C(F)(F)F)ccn2)C1. The van der Waals surface area contributed by atoms with E-state index in [0.29, 0.717) is 26.1 Å². The van der Waals surface area contributed by atoms with Crippen LogP contribution in [0.4, 0.5) is 18.0 Å². The van der Waals surface area contributed by atoms with Crippen molar-refractivity contribution in [1.82, 2.24) is 15.2 Å². The molecule has 2 aromatic rings. The lowest BCUT2D eigenvalue weighted by atomic mass is 10.2. The van der Waals surface area contributed by atoms with Crippen LogP contribution in [0, 0.1) is 0 Å². The van der Waals surface area contributed by atoms with Crippen molar-refractivity contribution in [1.29, 1.82) is 0 Å². The summed E-state index contributed by atoms with van der Waals surface area (Å²) in [5, 5.41) is 4.75. The number of carbonyl (C=O) groups excluding carboxylic acids is 1. The van der Waals surface area contributed by atoms with Gasteiger partial charge in [-0.15, -0.1) is 11.3 Å². The molecule has 134 valence electrons. The molecule has 1 N–H and O–H groups in total. The quantitative estimate of drug-likeness (QED) is 0.895. The van der Waals surface area contributed by atoms with Gasteiger partial charge in [-0.05, 0) is 17.5 Å². The first kappa shape index (κ1) is 17.5. The molecule has 1 aliphatic rings. The minimum Gasteiger partial charge on any atom is -0.472 e. The van der Waals surface area contributed by atoms with E-state index in [1.165, 1.54) is 0 Å². The fraction of sp³-hybridized carbons (Fsp3) is 0.375. The highest BCUT2D eigenvalue weighted by atomic mass is 32.1. The van der Waals surface area contributed by atoms with Crippen molar-refractivity contribution in [3.63, 3.8) is 0 Å². The van der Waals surface area contributed by atoms with Crippen LogP contribution in [-0.2, 0) is 12.7 Å². The first-order valence-electron chi connectivity index (χ1n) is 7.67. The summed E-state index contributed by atoms with van der Waals surface area (Å²) in [6.07, 6.45) is -3.20. The Morgan fingerprint density at radius 2 is 2.28 bits per heavy atom. The molecule has 0 aromatic carbocycles. The maximum Gasteiger partial charge on any atom is 0.416 e. The summed E-state index contributed by atoms with van der Waals surface area (Å²) < 4.78 is 43.6. The van der Waals surface area contributed by atoms with Gasteiger partial charge in [-0.2, -0.15) is 13.2 Å². The van der Waals surface area contributed by atoms with Gasteiger partial charge < -0.3 is 15.0 Å². The summed E-state index contributed by atoms with van der Waals surface area (Å²) in [4.78, 5) is 18.6. The summed E-state index contributed by atoms with van der Waals surface area (Å²) in [6, 6.07) is 5.40. The molecule has 0 saturated carbocycles. The van der Waals surface area contributed by atoms with Gasteiger partial charge in [-0.3, -0.25) is 0 Å². The van der Waals surface area contributed by atoms with E-state index >= 15 is 0 Å². The molecule has 1 atom stereocenters. The van der Waals surface area contributed by atoms with E-state index in [-0.39, 0.29) is 18.0 Å². The molecule has 1 aliphatic heterocycles. The summed E-state index contributed by atoms with van der Waals surface area (Å²) in [5.74, 6) is -0.0827. The second kappa shape index (κ2) is 7.30. The Hall–Kier alpha value is -2.29. The van der Waals surface area contributed by atoms with Gasteiger partial charge in [0.25, 0.3) is 0 Å². The smallest absolute Gasteiger partial charge is 0.416 e. The molecule has 2 amide bonds. The van der Waals surface area contributed by atoms with Crippen LogP contribution in [0.2, 0.25) is 0 Å². The van der Waals surface area contributed by atoms with Crippen LogP contribution in [0.1, 0.15) is 16.9 Å². The number of pyridine rings is 1. The fourth-order valence-corrected chi connectivity index (χ4v) is 3.16. The molecular weight excluding hydrogens is 355 g/mol. The van der Waals surface area contributed by atoms with Gasteiger partial charge in [0, 0.05) is 30.1 Å². The van der Waals surface area contributed by atoms with Gasteiger partial charge in [0.1, 0.15) is 6.10 Å². The predicted molar refractivity (Wildman–Crippen MR) is 86.4 cm³/mol. The van der Waals surface area contributed by atoms with Gasteiger partial charge in [0.15, 0.2) is 0 Å². The molecule has 0 aliphatic carbocycles. The van der Waals surface area contributed by atoms with E-state index < -0.39 is 11.7 Å². The number of halogens is 3. The number of hydrogen-bond acceptors (Lipinski definition) is 4. The largest absolute Gasteiger partial charge is 0.472 e. The number of amides is 2. The zero-order valence-electron chi connectivity index (χ0n) is 13.1. The molecule has 3 heterocycles. The normalized spacial score (nSPS) is 17.6. The maximum atomic E-state index is 12.7. The van der Waals surface area contributed by atoms with Crippen LogP contribution in [0.25, 0.3) is 0 Å². The molecule has 2 aromatic heterocycles. The second-order valence-corrected chi connectivity index (χ2v) is 6.63. The summed E-state index contributed by atoms with van der Waals surface area (Å²) in [7, 11) is 0. The average molecular weight is 371 g/mol. The fourth-order valence-electron chi connectivity index (χ4n) is 2.52. The molecule has 0 unspecified atom stereocenters. The maximum absolute atomic E-state index is 12.7. The minimum atomic E-state index is -4.44. The van der Waals surface area contributed by atoms with Crippen molar-refractivity contribution in [2.45, 2.75) is 25.2 Å². The lowest BCUT2D eigenvalue weighted by Crippen LogP contribution is -2.38. The zero-order chi connectivity index (χ0) is 17.9. The van der Waals surface area contributed by atoms with Gasteiger partial charge in [-0.25, -0.2) is 9.78 Å². The minimum absolute atomic E-state index is 0.0827. The molecule has 3 rings (SSSR count). The standard InChI is InChI=1S/C16H16F3N3O2S/c17-16(18,19)11-3-5-20-14(8-11)24-12-4-6-22(10-12)15(23)21-9-13-2-1-7-25-13/h1-3,5,7-8,12H,4,6,9-10H2,(H,21,23)/t12-/m1/s1. The van der Waals surface area contributed by atoms with Crippen molar-refractivity contribution in [3.05, 3.63) is 46.3 Å². The van der Waals surface area contributed by atoms with E-state index in [1.54, 1.807) is 16.2 Å². The highest BCUT2D eigenvalue weighted by Crippen LogP contribution is 2.31. The van der Waals surface area contributed by atoms with E-state index in [2.05, 4.69) is 10.3 Å². The van der Waals surface area contributed by atoms with E-state index in [1.807, 2.05) is 17.5 Å². The van der Waals surface area contributed by atoms with Gasteiger partial charge in [-0.1, -0.05) is 6.07 Å². The Morgan fingerprint density at radius 3 is 3.00 bits per heavy atom. The Balaban J connectivity index is 1.52. The Labute approximate surface area is 146 Å².